The molecule has 1 aromatic rings. The molecule has 0 heterocycles. The van der Waals surface area contributed by atoms with Crippen LogP contribution in [0.2, 0.25) is 0 Å². The molecular weight excluding hydrogens is 285 g/mol. The maximum atomic E-state index is 13.3. The third-order valence-corrected chi connectivity index (χ3v) is 4.87. The number of hydrogen-bond donors (Lipinski definition) is 1. The summed E-state index contributed by atoms with van der Waals surface area (Å²) in [7, 11) is -3.83. The number of benzene rings is 1. The molecule has 0 aliphatic carbocycles. The molecule has 0 aromatic heterocycles. The van der Waals surface area contributed by atoms with Gasteiger partial charge in [-0.25, -0.2) is 17.6 Å². The molecule has 20 heavy (non-hydrogen) atoms. The summed E-state index contributed by atoms with van der Waals surface area (Å²) < 4.78 is 39.5. The lowest BCUT2D eigenvalue weighted by Crippen LogP contribution is -2.37. The summed E-state index contributed by atoms with van der Waals surface area (Å²) in [5.74, 6) is -2.45. The normalized spacial score (nSPS) is 12.1. The number of rotatable bonds is 6. The van der Waals surface area contributed by atoms with Crippen LogP contribution in [0, 0.1) is 5.82 Å². The summed E-state index contributed by atoms with van der Waals surface area (Å²) >= 11 is 0. The van der Waals surface area contributed by atoms with E-state index in [1.807, 2.05) is 6.92 Å². The average Bonchev–Trinajstić information content (AvgIpc) is 2.35. The lowest BCUT2D eigenvalue weighted by molar-refractivity contribution is 0.0691. The molecule has 0 saturated carbocycles. The summed E-state index contributed by atoms with van der Waals surface area (Å²) in [5.41, 5.74) is -0.647. The van der Waals surface area contributed by atoms with Crippen LogP contribution in [0.1, 0.15) is 37.6 Å². The number of nitrogens with zero attached hydrogens (tertiary/aromatic N) is 1. The molecule has 0 spiro atoms. The molecule has 1 aromatic carbocycles. The van der Waals surface area contributed by atoms with Crippen LogP contribution < -0.4 is 0 Å². The third kappa shape index (κ3) is 3.34. The summed E-state index contributed by atoms with van der Waals surface area (Å²) in [4.78, 5) is 10.7. The molecule has 5 nitrogen and oxygen atoms in total. The molecule has 7 heteroatoms. The number of carbonyl (C=O) groups is 1. The van der Waals surface area contributed by atoms with Gasteiger partial charge < -0.3 is 5.11 Å². The first-order valence-corrected chi connectivity index (χ1v) is 7.70. The molecule has 0 aliphatic rings. The van der Waals surface area contributed by atoms with Gasteiger partial charge in [-0.15, -0.1) is 0 Å². The topological polar surface area (TPSA) is 74.7 Å². The van der Waals surface area contributed by atoms with Crippen molar-refractivity contribution in [2.75, 3.05) is 6.54 Å². The van der Waals surface area contributed by atoms with E-state index >= 15 is 0 Å². The fraction of sp³-hybridized carbons (Fsp3) is 0.462. The van der Waals surface area contributed by atoms with Crippen molar-refractivity contribution in [1.82, 2.24) is 4.31 Å². The van der Waals surface area contributed by atoms with Gasteiger partial charge in [0.05, 0.1) is 10.5 Å². The minimum Gasteiger partial charge on any atom is -0.478 e. The number of aromatic carboxylic acids is 1. The highest BCUT2D eigenvalue weighted by atomic mass is 32.2. The Balaban J connectivity index is 3.34. The molecule has 1 N–H and O–H groups in total. The summed E-state index contributed by atoms with van der Waals surface area (Å²) in [6.07, 6.45) is 0.629. The third-order valence-electron chi connectivity index (χ3n) is 2.79. The Labute approximate surface area is 118 Å². The van der Waals surface area contributed by atoms with Gasteiger partial charge in [0, 0.05) is 12.6 Å². The zero-order valence-corrected chi connectivity index (χ0v) is 12.4. The number of carboxylic acids is 1. The zero-order valence-electron chi connectivity index (χ0n) is 11.6. The van der Waals surface area contributed by atoms with Crippen LogP contribution >= 0.6 is 0 Å². The van der Waals surface area contributed by atoms with Crippen LogP contribution in [0.5, 0.6) is 0 Å². The van der Waals surface area contributed by atoms with Gasteiger partial charge in [0.1, 0.15) is 5.82 Å². The van der Waals surface area contributed by atoms with Gasteiger partial charge in [0.15, 0.2) is 0 Å². The Morgan fingerprint density at radius 1 is 1.40 bits per heavy atom. The van der Waals surface area contributed by atoms with Gasteiger partial charge in [0.2, 0.25) is 10.0 Å². The van der Waals surface area contributed by atoms with Crippen LogP contribution in [0.15, 0.2) is 23.1 Å². The van der Waals surface area contributed by atoms with Crippen LogP contribution in [0.25, 0.3) is 0 Å². The highest BCUT2D eigenvalue weighted by Gasteiger charge is 2.27. The van der Waals surface area contributed by atoms with Gasteiger partial charge >= 0.3 is 5.97 Å². The van der Waals surface area contributed by atoms with Crippen molar-refractivity contribution in [3.8, 4) is 0 Å². The van der Waals surface area contributed by atoms with Crippen LogP contribution in [-0.4, -0.2) is 36.4 Å². The Kier molecular flexibility index (Phi) is 5.24. The van der Waals surface area contributed by atoms with E-state index in [1.165, 1.54) is 4.31 Å². The smallest absolute Gasteiger partial charge is 0.338 e. The highest BCUT2D eigenvalue weighted by Crippen LogP contribution is 2.21. The van der Waals surface area contributed by atoms with Crippen molar-refractivity contribution < 1.29 is 22.7 Å². The molecule has 0 radical (unpaired) electrons. The van der Waals surface area contributed by atoms with Gasteiger partial charge in [-0.2, -0.15) is 4.31 Å². The number of sulfonamides is 1. The lowest BCUT2D eigenvalue weighted by atomic mass is 10.2. The van der Waals surface area contributed by atoms with Crippen molar-refractivity contribution in [3.63, 3.8) is 0 Å². The lowest BCUT2D eigenvalue weighted by Gasteiger charge is -2.25. The van der Waals surface area contributed by atoms with Crippen LogP contribution in [-0.2, 0) is 10.0 Å². The first kappa shape index (κ1) is 16.6. The van der Waals surface area contributed by atoms with E-state index in [0.717, 1.165) is 18.2 Å². The minimum atomic E-state index is -3.83. The van der Waals surface area contributed by atoms with E-state index < -0.39 is 27.4 Å². The highest BCUT2D eigenvalue weighted by molar-refractivity contribution is 7.89. The molecule has 0 unspecified atom stereocenters. The van der Waals surface area contributed by atoms with Crippen LogP contribution in [0.4, 0.5) is 4.39 Å². The Morgan fingerprint density at radius 3 is 2.45 bits per heavy atom. The first-order valence-electron chi connectivity index (χ1n) is 6.26. The number of hydrogen-bond acceptors (Lipinski definition) is 3. The largest absolute Gasteiger partial charge is 0.478 e. The second kappa shape index (κ2) is 6.32. The van der Waals surface area contributed by atoms with Crippen molar-refractivity contribution in [1.29, 1.82) is 0 Å². The van der Waals surface area contributed by atoms with E-state index in [4.69, 9.17) is 5.11 Å². The summed E-state index contributed by atoms with van der Waals surface area (Å²) in [6.45, 7) is 5.63. The maximum Gasteiger partial charge on any atom is 0.338 e. The molecule has 1 rings (SSSR count). The number of carboxylic acid groups (broad SMARTS) is 1. The van der Waals surface area contributed by atoms with E-state index in [0.29, 0.717) is 13.0 Å². The SMILES string of the molecule is CCCN(C(C)C)S(=O)(=O)c1ccc(F)c(C(=O)O)c1. The quantitative estimate of drug-likeness (QED) is 0.875. The minimum absolute atomic E-state index is 0.210. The summed E-state index contributed by atoms with van der Waals surface area (Å²) in [5, 5.41) is 8.86. The molecule has 0 bridgehead atoms. The monoisotopic (exact) mass is 303 g/mol. The van der Waals surface area contributed by atoms with Crippen molar-refractivity contribution in [3.05, 3.63) is 29.6 Å². The van der Waals surface area contributed by atoms with E-state index in [-0.39, 0.29) is 10.9 Å². The second-order valence-corrected chi connectivity index (χ2v) is 6.55. The molecule has 0 atom stereocenters. The van der Waals surface area contributed by atoms with E-state index in [2.05, 4.69) is 0 Å². The molecule has 0 amide bonds. The standard InChI is InChI=1S/C13H18FNO4S/c1-4-7-15(9(2)3)20(18,19)10-5-6-12(14)11(8-10)13(16)17/h5-6,8-9H,4,7H2,1-3H3,(H,16,17). The van der Waals surface area contributed by atoms with Crippen molar-refractivity contribution >= 4 is 16.0 Å². The molecule has 112 valence electrons. The average molecular weight is 303 g/mol. The first-order chi connectivity index (χ1) is 9.21. The fourth-order valence-electron chi connectivity index (χ4n) is 1.84. The summed E-state index contributed by atoms with van der Waals surface area (Å²) in [6, 6.07) is 2.54. The van der Waals surface area contributed by atoms with Gasteiger partial charge in [-0.05, 0) is 38.5 Å². The molecule has 0 saturated heterocycles. The Bertz CT molecular complexity index is 598. The Morgan fingerprint density at radius 2 is 2.00 bits per heavy atom. The fourth-order valence-corrected chi connectivity index (χ4v) is 3.60. The van der Waals surface area contributed by atoms with E-state index in [9.17, 15) is 17.6 Å². The Hall–Kier alpha value is -1.47. The zero-order chi connectivity index (χ0) is 15.5. The van der Waals surface area contributed by atoms with Gasteiger partial charge in [-0.1, -0.05) is 6.92 Å². The number of halogens is 1. The second-order valence-electron chi connectivity index (χ2n) is 4.66. The maximum absolute atomic E-state index is 13.3. The van der Waals surface area contributed by atoms with Crippen molar-refractivity contribution in [2.45, 2.75) is 38.1 Å². The van der Waals surface area contributed by atoms with Crippen LogP contribution in [0.3, 0.4) is 0 Å². The van der Waals surface area contributed by atoms with Crippen molar-refractivity contribution in [2.24, 2.45) is 0 Å². The van der Waals surface area contributed by atoms with Gasteiger partial charge in [-0.3, -0.25) is 0 Å². The van der Waals surface area contributed by atoms with E-state index in [1.54, 1.807) is 13.8 Å². The van der Waals surface area contributed by atoms with Gasteiger partial charge in [0.25, 0.3) is 0 Å². The molecule has 0 aliphatic heterocycles. The predicted octanol–water partition coefficient (Wildman–Crippen LogP) is 2.33. The molecular formula is C13H18FNO4S. The predicted molar refractivity (Wildman–Crippen MR) is 72.7 cm³/mol. The molecule has 0 fully saturated rings.